The van der Waals surface area contributed by atoms with Gasteiger partial charge in [-0.1, -0.05) is 66.7 Å². The van der Waals surface area contributed by atoms with Crippen LogP contribution < -0.4 is 32.7 Å². The first kappa shape index (κ1) is 33.3. The molecule has 1 saturated carbocycles. The van der Waals surface area contributed by atoms with Crippen molar-refractivity contribution in [2.75, 3.05) is 6.54 Å². The summed E-state index contributed by atoms with van der Waals surface area (Å²) in [5, 5.41) is 11.0. The van der Waals surface area contributed by atoms with Crippen LogP contribution in [0.2, 0.25) is 0 Å². The first-order valence-electron chi connectivity index (χ1n) is 14.1. The first-order valence-corrected chi connectivity index (χ1v) is 14.1. The van der Waals surface area contributed by atoms with Crippen molar-refractivity contribution in [1.29, 1.82) is 0 Å². The zero-order chi connectivity index (χ0) is 28.8. The van der Waals surface area contributed by atoms with Crippen LogP contribution in [-0.4, -0.2) is 60.2 Å². The lowest BCUT2D eigenvalue weighted by molar-refractivity contribution is -0.135. The van der Waals surface area contributed by atoms with Crippen molar-refractivity contribution < 1.29 is 24.0 Å². The molecule has 1 rings (SSSR count). The monoisotopic (exact) mass is 538 g/mol. The average Bonchev–Trinajstić information content (AvgIpc) is 2.85. The second kappa shape index (κ2) is 17.0. The van der Waals surface area contributed by atoms with Gasteiger partial charge in [-0.2, -0.15) is 0 Å². The van der Waals surface area contributed by atoms with Gasteiger partial charge in [0.1, 0.15) is 24.2 Å². The Morgan fingerprint density at radius 2 is 1.34 bits per heavy atom. The van der Waals surface area contributed by atoms with E-state index in [0.717, 1.165) is 32.1 Å². The van der Waals surface area contributed by atoms with Gasteiger partial charge in [-0.15, -0.1) is 0 Å². The smallest absolute Gasteiger partial charge is 0.243 e. The Balaban J connectivity index is 3.07. The summed E-state index contributed by atoms with van der Waals surface area (Å²) in [7, 11) is 0. The fourth-order valence-corrected chi connectivity index (χ4v) is 4.79. The van der Waals surface area contributed by atoms with Crippen LogP contribution >= 0.6 is 0 Å². The van der Waals surface area contributed by atoms with Crippen LogP contribution in [0, 0.1) is 17.8 Å². The fourth-order valence-electron chi connectivity index (χ4n) is 4.79. The fraction of sp³-hybridized carbons (Fsp3) is 0.815. The summed E-state index contributed by atoms with van der Waals surface area (Å²) in [4.78, 5) is 63.6. The molecule has 0 aliphatic heterocycles. The van der Waals surface area contributed by atoms with Gasteiger partial charge in [0, 0.05) is 6.42 Å². The van der Waals surface area contributed by atoms with E-state index in [0.29, 0.717) is 12.8 Å². The van der Waals surface area contributed by atoms with Crippen molar-refractivity contribution in [2.45, 2.75) is 117 Å². The third-order valence-electron chi connectivity index (χ3n) is 6.97. The molecule has 11 nitrogen and oxygen atoms in total. The van der Waals surface area contributed by atoms with Gasteiger partial charge >= 0.3 is 0 Å². The Bertz CT molecular complexity index is 797. The maximum Gasteiger partial charge on any atom is 0.243 e. The van der Waals surface area contributed by atoms with Crippen molar-refractivity contribution in [3.8, 4) is 0 Å². The van der Waals surface area contributed by atoms with Crippen LogP contribution in [0.4, 0.5) is 0 Å². The molecule has 0 aromatic rings. The van der Waals surface area contributed by atoms with Gasteiger partial charge in [0.15, 0.2) is 0 Å². The number of primary amides is 1. The van der Waals surface area contributed by atoms with E-state index in [-0.39, 0.29) is 43.0 Å². The number of carbonyl (C=O) groups is 5. The Morgan fingerprint density at radius 1 is 0.789 bits per heavy atom. The van der Waals surface area contributed by atoms with E-state index < -0.39 is 47.8 Å². The summed E-state index contributed by atoms with van der Waals surface area (Å²) >= 11 is 0. The molecule has 38 heavy (non-hydrogen) atoms. The number of hydrogen-bond donors (Lipinski definition) is 6. The minimum absolute atomic E-state index is 0.130. The summed E-state index contributed by atoms with van der Waals surface area (Å²) in [6.07, 6.45) is 6.41. The predicted octanol–water partition coefficient (Wildman–Crippen LogP) is 0.842. The van der Waals surface area contributed by atoms with E-state index in [2.05, 4.69) is 21.3 Å². The van der Waals surface area contributed by atoms with E-state index in [4.69, 9.17) is 11.5 Å². The summed E-state index contributed by atoms with van der Waals surface area (Å²) in [6, 6.07) is -3.54. The average molecular weight is 539 g/mol. The normalized spacial score (nSPS) is 17.3. The van der Waals surface area contributed by atoms with Gasteiger partial charge < -0.3 is 32.7 Å². The third-order valence-corrected chi connectivity index (χ3v) is 6.97. The van der Waals surface area contributed by atoms with Crippen molar-refractivity contribution in [3.05, 3.63) is 0 Å². The molecule has 1 aliphatic carbocycles. The number of carbonyl (C=O) groups excluding carboxylic acids is 5. The molecule has 4 atom stereocenters. The number of hydrogen-bond acceptors (Lipinski definition) is 6. The molecule has 0 heterocycles. The zero-order valence-corrected chi connectivity index (χ0v) is 23.8. The van der Waals surface area contributed by atoms with Crippen molar-refractivity contribution in [2.24, 2.45) is 29.2 Å². The summed E-state index contributed by atoms with van der Waals surface area (Å²) in [5.74, 6) is -2.23. The van der Waals surface area contributed by atoms with Crippen LogP contribution in [0.15, 0.2) is 0 Å². The lowest BCUT2D eigenvalue weighted by Crippen LogP contribution is -2.59. The highest BCUT2D eigenvalue weighted by atomic mass is 16.2. The Labute approximate surface area is 227 Å². The minimum Gasteiger partial charge on any atom is -0.368 e. The lowest BCUT2D eigenvalue weighted by atomic mass is 9.84. The maximum atomic E-state index is 13.4. The molecular weight excluding hydrogens is 488 g/mol. The van der Waals surface area contributed by atoms with E-state index in [9.17, 15) is 24.0 Å². The van der Waals surface area contributed by atoms with E-state index in [1.165, 1.54) is 0 Å². The second-order valence-corrected chi connectivity index (χ2v) is 11.2. The van der Waals surface area contributed by atoms with Crippen LogP contribution in [0.5, 0.6) is 0 Å². The third kappa shape index (κ3) is 11.8. The van der Waals surface area contributed by atoms with Crippen LogP contribution in [-0.2, 0) is 24.0 Å². The standard InChI is InChI=1S/C27H50N6O5/c1-6-22(34)30-20(14-16(2)3)26(37)31-19(12-13-28)25(36)32-21(15-18-10-8-7-9-11-18)27(38)33-23(17(4)5)24(29)35/h16-21,23H,6-15,28H2,1-5H3,(H2,29,35)(H,30,34)(H,31,37)(H,32,36)(H,33,38)/t19-,20+,21-,23-/m0/s1. The molecular formula is C27H50N6O5. The highest BCUT2D eigenvalue weighted by Gasteiger charge is 2.33. The van der Waals surface area contributed by atoms with E-state index in [1.54, 1.807) is 20.8 Å². The summed E-state index contributed by atoms with van der Waals surface area (Å²) in [5.41, 5.74) is 11.2. The largest absolute Gasteiger partial charge is 0.368 e. The second-order valence-electron chi connectivity index (χ2n) is 11.2. The Hall–Kier alpha value is -2.69. The minimum atomic E-state index is -0.987. The van der Waals surface area contributed by atoms with Crippen molar-refractivity contribution in [1.82, 2.24) is 21.3 Å². The van der Waals surface area contributed by atoms with E-state index in [1.807, 2.05) is 13.8 Å². The van der Waals surface area contributed by atoms with E-state index >= 15 is 0 Å². The van der Waals surface area contributed by atoms with Crippen LogP contribution in [0.3, 0.4) is 0 Å². The highest BCUT2D eigenvalue weighted by molar-refractivity contribution is 5.95. The van der Waals surface area contributed by atoms with Gasteiger partial charge in [0.25, 0.3) is 0 Å². The van der Waals surface area contributed by atoms with Gasteiger partial charge in [-0.3, -0.25) is 24.0 Å². The quantitative estimate of drug-likeness (QED) is 0.169. The van der Waals surface area contributed by atoms with Crippen molar-refractivity contribution in [3.63, 3.8) is 0 Å². The number of nitrogens with one attached hydrogen (secondary N) is 4. The van der Waals surface area contributed by atoms with Gasteiger partial charge in [0.2, 0.25) is 29.5 Å². The number of rotatable bonds is 16. The SMILES string of the molecule is CCC(=O)N[C@H](CC(C)C)C(=O)N[C@@H](CCN)C(=O)N[C@@H](CC1CCCCC1)C(=O)N[C@H](C(N)=O)C(C)C. The van der Waals surface area contributed by atoms with Crippen LogP contribution in [0.1, 0.15) is 92.4 Å². The number of amides is 5. The Morgan fingerprint density at radius 3 is 1.84 bits per heavy atom. The lowest BCUT2D eigenvalue weighted by Gasteiger charge is -2.30. The zero-order valence-electron chi connectivity index (χ0n) is 23.8. The highest BCUT2D eigenvalue weighted by Crippen LogP contribution is 2.27. The molecule has 5 amide bonds. The maximum absolute atomic E-state index is 13.4. The van der Waals surface area contributed by atoms with Gasteiger partial charge in [-0.05, 0) is 43.6 Å². The van der Waals surface area contributed by atoms with Crippen LogP contribution in [0.25, 0.3) is 0 Å². The molecule has 0 aromatic heterocycles. The first-order chi connectivity index (χ1) is 17.9. The predicted molar refractivity (Wildman–Crippen MR) is 146 cm³/mol. The molecule has 0 unspecified atom stereocenters. The number of nitrogens with two attached hydrogens (primary N) is 2. The molecule has 0 aromatic carbocycles. The Kier molecular flexibility index (Phi) is 14.9. The summed E-state index contributed by atoms with van der Waals surface area (Å²) in [6.45, 7) is 9.26. The molecule has 8 N–H and O–H groups in total. The topological polar surface area (TPSA) is 186 Å². The molecule has 1 aliphatic rings. The van der Waals surface area contributed by atoms with Gasteiger partial charge in [0.05, 0.1) is 0 Å². The van der Waals surface area contributed by atoms with Crippen molar-refractivity contribution >= 4 is 29.5 Å². The molecule has 0 spiro atoms. The molecule has 0 bridgehead atoms. The molecule has 218 valence electrons. The molecule has 1 fully saturated rings. The molecule has 11 heteroatoms. The molecule has 0 radical (unpaired) electrons. The molecule has 0 saturated heterocycles. The summed E-state index contributed by atoms with van der Waals surface area (Å²) < 4.78 is 0. The van der Waals surface area contributed by atoms with Gasteiger partial charge in [-0.25, -0.2) is 0 Å².